The zero-order valence-electron chi connectivity index (χ0n) is 11.8. The van der Waals surface area contributed by atoms with E-state index in [0.29, 0.717) is 13.2 Å². The van der Waals surface area contributed by atoms with Gasteiger partial charge in [-0.05, 0) is 39.8 Å². The molecule has 3 heteroatoms. The quantitative estimate of drug-likeness (QED) is 0.758. The highest BCUT2D eigenvalue weighted by Crippen LogP contribution is 2.24. The van der Waals surface area contributed by atoms with Gasteiger partial charge >= 0.3 is 0 Å². The van der Waals surface area contributed by atoms with Crippen LogP contribution in [0.1, 0.15) is 34.1 Å². The first-order chi connectivity index (χ1) is 8.33. The summed E-state index contributed by atoms with van der Waals surface area (Å²) in [5.41, 5.74) is -1.41. The van der Waals surface area contributed by atoms with Crippen molar-refractivity contribution in [2.45, 2.75) is 45.3 Å². The van der Waals surface area contributed by atoms with Crippen molar-refractivity contribution in [3.63, 3.8) is 0 Å². The second kappa shape index (κ2) is 6.21. The van der Waals surface area contributed by atoms with Crippen LogP contribution in [-0.4, -0.2) is 29.5 Å². The molecule has 0 unspecified atom stereocenters. The van der Waals surface area contributed by atoms with Crippen LogP contribution in [0.2, 0.25) is 0 Å². The molecule has 0 atom stereocenters. The van der Waals surface area contributed by atoms with Crippen LogP contribution < -0.4 is 4.74 Å². The fraction of sp³-hybridized carbons (Fsp3) is 0.600. The number of hydrogen-bond acceptors (Lipinski definition) is 3. The van der Waals surface area contributed by atoms with E-state index in [0.717, 1.165) is 12.2 Å². The molecule has 3 nitrogen and oxygen atoms in total. The molecular formula is C15H24O3. The van der Waals surface area contributed by atoms with Gasteiger partial charge in [0, 0.05) is 6.42 Å². The van der Waals surface area contributed by atoms with Gasteiger partial charge < -0.3 is 14.6 Å². The Hall–Kier alpha value is -1.06. The Labute approximate surface area is 110 Å². The fourth-order valence-corrected chi connectivity index (χ4v) is 1.27. The molecule has 0 saturated heterocycles. The molecule has 1 rings (SSSR count). The van der Waals surface area contributed by atoms with Gasteiger partial charge in [-0.25, -0.2) is 0 Å². The summed E-state index contributed by atoms with van der Waals surface area (Å²) in [4.78, 5) is 0. The zero-order chi connectivity index (χ0) is 13.6. The van der Waals surface area contributed by atoms with Gasteiger partial charge in [-0.2, -0.15) is 0 Å². The van der Waals surface area contributed by atoms with E-state index in [4.69, 9.17) is 9.47 Å². The maximum Gasteiger partial charge on any atom is 0.119 e. The molecule has 0 aromatic heterocycles. The molecule has 1 aromatic rings. The first-order valence-electron chi connectivity index (χ1n) is 6.37. The normalized spacial score (nSPS) is 12.5. The summed E-state index contributed by atoms with van der Waals surface area (Å²) in [5, 5.41) is 9.92. The number of para-hydroxylation sites is 1. The van der Waals surface area contributed by atoms with E-state index in [2.05, 4.69) is 0 Å². The Morgan fingerprint density at radius 1 is 1.00 bits per heavy atom. The van der Waals surface area contributed by atoms with E-state index >= 15 is 0 Å². The van der Waals surface area contributed by atoms with Gasteiger partial charge in [-0.3, -0.25) is 0 Å². The minimum Gasteiger partial charge on any atom is -0.494 e. The van der Waals surface area contributed by atoms with Crippen LogP contribution in [0.3, 0.4) is 0 Å². The maximum absolute atomic E-state index is 9.92. The lowest BCUT2D eigenvalue weighted by Crippen LogP contribution is -2.47. The molecule has 0 bridgehead atoms. The number of rotatable bonds is 7. The molecule has 18 heavy (non-hydrogen) atoms. The third-order valence-corrected chi connectivity index (χ3v) is 3.24. The van der Waals surface area contributed by atoms with Crippen molar-refractivity contribution < 1.29 is 14.6 Å². The van der Waals surface area contributed by atoms with Crippen LogP contribution in [0.25, 0.3) is 0 Å². The van der Waals surface area contributed by atoms with Gasteiger partial charge in [0.25, 0.3) is 0 Å². The topological polar surface area (TPSA) is 38.7 Å². The maximum atomic E-state index is 9.92. The lowest BCUT2D eigenvalue weighted by molar-refractivity contribution is -0.148. The van der Waals surface area contributed by atoms with Gasteiger partial charge in [0.1, 0.15) is 5.75 Å². The van der Waals surface area contributed by atoms with Gasteiger partial charge in [0.2, 0.25) is 0 Å². The fourth-order valence-electron chi connectivity index (χ4n) is 1.27. The highest BCUT2D eigenvalue weighted by atomic mass is 16.5. The largest absolute Gasteiger partial charge is 0.494 e. The van der Waals surface area contributed by atoms with E-state index in [1.807, 2.05) is 44.2 Å². The molecule has 102 valence electrons. The molecule has 0 aliphatic rings. The Bertz CT molecular complexity index is 339. The van der Waals surface area contributed by atoms with E-state index in [1.54, 1.807) is 13.8 Å². The molecule has 0 amide bonds. The Morgan fingerprint density at radius 2 is 1.61 bits per heavy atom. The minimum atomic E-state index is -0.854. The molecule has 0 radical (unpaired) electrons. The van der Waals surface area contributed by atoms with Crippen LogP contribution in [0, 0.1) is 0 Å². The summed E-state index contributed by atoms with van der Waals surface area (Å²) in [6.45, 7) is 8.49. The van der Waals surface area contributed by atoms with E-state index < -0.39 is 11.2 Å². The van der Waals surface area contributed by atoms with Gasteiger partial charge in [-0.15, -0.1) is 0 Å². The van der Waals surface area contributed by atoms with Gasteiger partial charge in [0.05, 0.1) is 24.4 Å². The van der Waals surface area contributed by atoms with Crippen LogP contribution in [0.5, 0.6) is 5.75 Å². The first-order valence-corrected chi connectivity index (χ1v) is 6.37. The molecule has 0 fully saturated rings. The molecule has 1 N–H and O–H groups in total. The number of aliphatic hydroxyl groups is 1. The first kappa shape index (κ1) is 15.0. The number of ether oxygens (including phenoxy) is 2. The summed E-state index contributed by atoms with van der Waals surface area (Å²) in [7, 11) is 0. The summed E-state index contributed by atoms with van der Waals surface area (Å²) in [6, 6.07) is 9.72. The Morgan fingerprint density at radius 3 is 2.17 bits per heavy atom. The van der Waals surface area contributed by atoms with Crippen LogP contribution >= 0.6 is 0 Å². The predicted molar refractivity (Wildman–Crippen MR) is 72.9 cm³/mol. The standard InChI is InChI=1S/C15H24O3/c1-14(2,16)15(3,4)18-12-8-11-17-13-9-6-5-7-10-13/h5-7,9-10,16H,8,11-12H2,1-4H3. The highest BCUT2D eigenvalue weighted by Gasteiger charge is 2.35. The Kier molecular flexibility index (Phi) is 5.17. The summed E-state index contributed by atoms with van der Waals surface area (Å²) >= 11 is 0. The third-order valence-electron chi connectivity index (χ3n) is 3.24. The van der Waals surface area contributed by atoms with Crippen molar-refractivity contribution in [2.24, 2.45) is 0 Å². The van der Waals surface area contributed by atoms with E-state index in [9.17, 15) is 5.11 Å². The van der Waals surface area contributed by atoms with Crippen molar-refractivity contribution in [3.8, 4) is 5.75 Å². The molecule has 0 aliphatic carbocycles. The highest BCUT2D eigenvalue weighted by molar-refractivity contribution is 5.20. The lowest BCUT2D eigenvalue weighted by atomic mass is 9.89. The molecule has 0 aliphatic heterocycles. The molecular weight excluding hydrogens is 228 g/mol. The number of hydrogen-bond donors (Lipinski definition) is 1. The summed E-state index contributed by atoms with van der Waals surface area (Å²) in [5.74, 6) is 0.874. The molecule has 0 saturated carbocycles. The van der Waals surface area contributed by atoms with Crippen molar-refractivity contribution >= 4 is 0 Å². The Balaban J connectivity index is 2.20. The van der Waals surface area contributed by atoms with E-state index in [-0.39, 0.29) is 0 Å². The van der Waals surface area contributed by atoms with Crippen LogP contribution in [-0.2, 0) is 4.74 Å². The van der Waals surface area contributed by atoms with Gasteiger partial charge in [0.15, 0.2) is 0 Å². The molecule has 1 aromatic carbocycles. The SMILES string of the molecule is CC(C)(O)C(C)(C)OCCCOc1ccccc1. The second-order valence-corrected chi connectivity index (χ2v) is 5.43. The molecule has 0 heterocycles. The average molecular weight is 252 g/mol. The van der Waals surface area contributed by atoms with Crippen molar-refractivity contribution in [1.29, 1.82) is 0 Å². The van der Waals surface area contributed by atoms with Crippen LogP contribution in [0.15, 0.2) is 30.3 Å². The van der Waals surface area contributed by atoms with Crippen molar-refractivity contribution in [1.82, 2.24) is 0 Å². The predicted octanol–water partition coefficient (Wildman–Crippen LogP) is 3.02. The minimum absolute atomic E-state index is 0.556. The van der Waals surface area contributed by atoms with Crippen molar-refractivity contribution in [3.05, 3.63) is 30.3 Å². The summed E-state index contributed by atoms with van der Waals surface area (Å²) < 4.78 is 11.3. The average Bonchev–Trinajstić information content (AvgIpc) is 2.28. The summed E-state index contributed by atoms with van der Waals surface area (Å²) in [6.07, 6.45) is 0.800. The molecule has 0 spiro atoms. The van der Waals surface area contributed by atoms with Crippen LogP contribution in [0.4, 0.5) is 0 Å². The number of benzene rings is 1. The second-order valence-electron chi connectivity index (χ2n) is 5.43. The third kappa shape index (κ3) is 4.67. The zero-order valence-corrected chi connectivity index (χ0v) is 11.8. The van der Waals surface area contributed by atoms with E-state index in [1.165, 1.54) is 0 Å². The lowest BCUT2D eigenvalue weighted by Gasteiger charge is -2.37. The van der Waals surface area contributed by atoms with Gasteiger partial charge in [-0.1, -0.05) is 18.2 Å². The van der Waals surface area contributed by atoms with Crippen molar-refractivity contribution in [2.75, 3.05) is 13.2 Å². The smallest absolute Gasteiger partial charge is 0.119 e. The monoisotopic (exact) mass is 252 g/mol.